The molecule has 2 rings (SSSR count). The van der Waals surface area contributed by atoms with E-state index < -0.39 is 0 Å². The van der Waals surface area contributed by atoms with Crippen molar-refractivity contribution in [2.24, 2.45) is 0 Å². The summed E-state index contributed by atoms with van der Waals surface area (Å²) in [6.45, 7) is 0. The lowest BCUT2D eigenvalue weighted by atomic mass is 10.0. The van der Waals surface area contributed by atoms with E-state index in [0.29, 0.717) is 6.42 Å². The zero-order chi connectivity index (χ0) is 11.4. The number of rotatable bonds is 4. The van der Waals surface area contributed by atoms with Crippen LogP contribution in [0, 0.1) is 11.3 Å². The van der Waals surface area contributed by atoms with E-state index in [1.807, 2.05) is 7.05 Å². The van der Waals surface area contributed by atoms with Crippen molar-refractivity contribution in [3.63, 3.8) is 0 Å². The quantitative estimate of drug-likeness (QED) is 0.873. The Morgan fingerprint density at radius 1 is 1.44 bits per heavy atom. The number of thiophene rings is 1. The Kier molecular flexibility index (Phi) is 3.55. The van der Waals surface area contributed by atoms with Crippen molar-refractivity contribution in [3.05, 3.63) is 35.2 Å². The number of benzene rings is 1. The molecule has 2 aromatic rings. The monoisotopic (exact) mass is 230 g/mol. The van der Waals surface area contributed by atoms with Gasteiger partial charge in [-0.2, -0.15) is 5.26 Å². The Bertz CT molecular complexity index is 510. The molecule has 0 aliphatic rings. The third-order valence-electron chi connectivity index (χ3n) is 2.78. The summed E-state index contributed by atoms with van der Waals surface area (Å²) in [5, 5.41) is 15.4. The van der Waals surface area contributed by atoms with Gasteiger partial charge in [-0.15, -0.1) is 11.3 Å². The first-order valence-electron chi connectivity index (χ1n) is 5.37. The van der Waals surface area contributed by atoms with E-state index in [2.05, 4.69) is 41.0 Å². The maximum Gasteiger partial charge on any atom is 0.0622 e. The Labute approximate surface area is 99.5 Å². The first-order chi connectivity index (χ1) is 7.86. The van der Waals surface area contributed by atoms with Crippen molar-refractivity contribution in [2.75, 3.05) is 7.05 Å². The Morgan fingerprint density at radius 2 is 2.25 bits per heavy atom. The lowest BCUT2D eigenvalue weighted by Crippen LogP contribution is -2.15. The van der Waals surface area contributed by atoms with Gasteiger partial charge in [0.05, 0.1) is 6.07 Å². The number of nitrogens with zero attached hydrogens (tertiary/aromatic N) is 1. The molecule has 1 atom stereocenters. The van der Waals surface area contributed by atoms with E-state index >= 15 is 0 Å². The summed E-state index contributed by atoms with van der Waals surface area (Å²) in [5.74, 6) is 0. The van der Waals surface area contributed by atoms with Crippen molar-refractivity contribution in [3.8, 4) is 6.07 Å². The van der Waals surface area contributed by atoms with Crippen molar-refractivity contribution in [1.82, 2.24) is 5.32 Å². The van der Waals surface area contributed by atoms with Crippen molar-refractivity contribution in [1.29, 1.82) is 5.26 Å². The van der Waals surface area contributed by atoms with Crippen LogP contribution in [0.5, 0.6) is 0 Å². The molecule has 1 aromatic heterocycles. The van der Waals surface area contributed by atoms with Crippen LogP contribution in [0.2, 0.25) is 0 Å². The molecule has 1 aromatic carbocycles. The predicted octanol–water partition coefficient (Wildman–Crippen LogP) is 3.47. The first-order valence-corrected chi connectivity index (χ1v) is 6.25. The molecule has 82 valence electrons. The van der Waals surface area contributed by atoms with Crippen molar-refractivity contribution >= 4 is 21.4 Å². The van der Waals surface area contributed by atoms with Crippen LogP contribution in [-0.4, -0.2) is 7.05 Å². The second-order valence-electron chi connectivity index (χ2n) is 3.73. The molecular formula is C13H14N2S. The molecule has 0 radical (unpaired) electrons. The second kappa shape index (κ2) is 5.11. The summed E-state index contributed by atoms with van der Waals surface area (Å²) in [5.41, 5.74) is 1.32. The minimum Gasteiger partial charge on any atom is -0.313 e. The van der Waals surface area contributed by atoms with Crippen LogP contribution in [0.15, 0.2) is 29.6 Å². The number of nitriles is 1. The Hall–Kier alpha value is -1.37. The molecule has 2 nitrogen and oxygen atoms in total. The fourth-order valence-electron chi connectivity index (χ4n) is 1.93. The summed E-state index contributed by atoms with van der Waals surface area (Å²) in [6, 6.07) is 10.9. The highest BCUT2D eigenvalue weighted by Gasteiger charge is 2.13. The molecule has 0 saturated carbocycles. The molecule has 0 spiro atoms. The van der Waals surface area contributed by atoms with E-state index in [4.69, 9.17) is 5.26 Å². The van der Waals surface area contributed by atoms with Gasteiger partial charge in [0.25, 0.3) is 0 Å². The highest BCUT2D eigenvalue weighted by molar-refractivity contribution is 7.17. The lowest BCUT2D eigenvalue weighted by Gasteiger charge is -2.13. The molecular weight excluding hydrogens is 216 g/mol. The van der Waals surface area contributed by atoms with Gasteiger partial charge in [0.15, 0.2) is 0 Å². The molecule has 3 heteroatoms. The topological polar surface area (TPSA) is 35.8 Å². The van der Waals surface area contributed by atoms with E-state index in [-0.39, 0.29) is 6.04 Å². The molecule has 0 fully saturated rings. The van der Waals surface area contributed by atoms with Gasteiger partial charge in [-0.3, -0.25) is 0 Å². The van der Waals surface area contributed by atoms with Gasteiger partial charge >= 0.3 is 0 Å². The van der Waals surface area contributed by atoms with Crippen LogP contribution in [-0.2, 0) is 0 Å². The lowest BCUT2D eigenvalue weighted by molar-refractivity contribution is 0.562. The zero-order valence-corrected chi connectivity index (χ0v) is 10.1. The fraction of sp³-hybridized carbons (Fsp3) is 0.308. The van der Waals surface area contributed by atoms with Gasteiger partial charge in [0.2, 0.25) is 0 Å². The molecule has 0 bridgehead atoms. The summed E-state index contributed by atoms with van der Waals surface area (Å²) in [7, 11) is 1.95. The highest BCUT2D eigenvalue weighted by atomic mass is 32.1. The van der Waals surface area contributed by atoms with Crippen LogP contribution >= 0.6 is 11.3 Å². The predicted molar refractivity (Wildman–Crippen MR) is 68.5 cm³/mol. The fourth-order valence-corrected chi connectivity index (χ4v) is 2.95. The van der Waals surface area contributed by atoms with Crippen molar-refractivity contribution < 1.29 is 0 Å². The van der Waals surface area contributed by atoms with Gasteiger partial charge in [0, 0.05) is 17.2 Å². The average Bonchev–Trinajstić information content (AvgIpc) is 2.75. The third-order valence-corrected chi connectivity index (χ3v) is 3.76. The van der Waals surface area contributed by atoms with E-state index in [9.17, 15) is 0 Å². The number of fused-ring (bicyclic) bond motifs is 1. The summed E-state index contributed by atoms with van der Waals surface area (Å²) < 4.78 is 1.31. The summed E-state index contributed by atoms with van der Waals surface area (Å²) in [6.07, 6.45) is 1.46. The van der Waals surface area contributed by atoms with Gasteiger partial charge in [-0.1, -0.05) is 18.2 Å². The van der Waals surface area contributed by atoms with Crippen LogP contribution in [0.3, 0.4) is 0 Å². The third kappa shape index (κ3) is 2.08. The molecule has 1 unspecified atom stereocenters. The SMILES string of the molecule is CNC(CCC#N)c1csc2ccccc12. The van der Waals surface area contributed by atoms with Gasteiger partial charge in [0.1, 0.15) is 0 Å². The summed E-state index contributed by atoms with van der Waals surface area (Å²) in [4.78, 5) is 0. The van der Waals surface area contributed by atoms with Crippen molar-refractivity contribution in [2.45, 2.75) is 18.9 Å². The largest absolute Gasteiger partial charge is 0.313 e. The van der Waals surface area contributed by atoms with Gasteiger partial charge in [-0.25, -0.2) is 0 Å². The van der Waals surface area contributed by atoms with Gasteiger partial charge in [-0.05, 0) is 35.9 Å². The van der Waals surface area contributed by atoms with E-state index in [1.54, 1.807) is 11.3 Å². The maximum absolute atomic E-state index is 8.65. The van der Waals surface area contributed by atoms with Gasteiger partial charge < -0.3 is 5.32 Å². The first kappa shape index (κ1) is 11.1. The molecule has 1 heterocycles. The molecule has 0 saturated heterocycles. The normalized spacial score (nSPS) is 12.5. The average molecular weight is 230 g/mol. The van der Waals surface area contributed by atoms with Crippen LogP contribution in [0.25, 0.3) is 10.1 Å². The standard InChI is InChI=1S/C13H14N2S/c1-15-12(6-4-8-14)11-9-16-13-7-3-2-5-10(11)13/h2-3,5,7,9,12,15H,4,6H2,1H3. The second-order valence-corrected chi connectivity index (χ2v) is 4.64. The van der Waals surface area contributed by atoms with E-state index in [0.717, 1.165) is 6.42 Å². The minimum absolute atomic E-state index is 0.288. The Balaban J connectivity index is 2.34. The van der Waals surface area contributed by atoms with Crippen LogP contribution in [0.4, 0.5) is 0 Å². The van der Waals surface area contributed by atoms with Crippen LogP contribution < -0.4 is 5.32 Å². The van der Waals surface area contributed by atoms with E-state index in [1.165, 1.54) is 15.6 Å². The molecule has 0 aliphatic heterocycles. The maximum atomic E-state index is 8.65. The molecule has 0 amide bonds. The Morgan fingerprint density at radius 3 is 3.00 bits per heavy atom. The zero-order valence-electron chi connectivity index (χ0n) is 9.23. The highest BCUT2D eigenvalue weighted by Crippen LogP contribution is 2.31. The number of nitrogens with one attached hydrogen (secondary N) is 1. The smallest absolute Gasteiger partial charge is 0.0622 e. The summed E-state index contributed by atoms with van der Waals surface area (Å²) >= 11 is 1.77. The molecule has 16 heavy (non-hydrogen) atoms. The molecule has 1 N–H and O–H groups in total. The minimum atomic E-state index is 0.288. The van der Waals surface area contributed by atoms with Crippen LogP contribution in [0.1, 0.15) is 24.4 Å². The molecule has 0 aliphatic carbocycles. The number of hydrogen-bond donors (Lipinski definition) is 1. The number of hydrogen-bond acceptors (Lipinski definition) is 3.